The zero-order valence-electron chi connectivity index (χ0n) is 15.3. The number of carbonyl (C=O) groups excluding carboxylic acids is 2. The molecule has 0 atom stereocenters. The van der Waals surface area contributed by atoms with Gasteiger partial charge in [-0.1, -0.05) is 32.9 Å². The smallest absolute Gasteiger partial charge is 0.285 e. The maximum atomic E-state index is 13.0. The molecule has 1 aliphatic heterocycles. The highest BCUT2D eigenvalue weighted by Crippen LogP contribution is 2.39. The van der Waals surface area contributed by atoms with Crippen LogP contribution in [0.2, 0.25) is 18.1 Å². The molecule has 0 fully saturated rings. The minimum atomic E-state index is -2.47. The lowest BCUT2D eigenvalue weighted by molar-refractivity contribution is -0.384. The number of rotatable bonds is 3. The summed E-state index contributed by atoms with van der Waals surface area (Å²) in [4.78, 5) is 36.5. The number of non-ortho nitro benzene ring substituents is 1. The molecule has 0 bridgehead atoms. The number of nitro groups is 1. The van der Waals surface area contributed by atoms with Crippen LogP contribution in [0.5, 0.6) is 0 Å². The maximum absolute atomic E-state index is 13.0. The van der Waals surface area contributed by atoms with Crippen molar-refractivity contribution in [2.24, 2.45) is 0 Å². The average molecular weight is 372 g/mol. The second-order valence-electron chi connectivity index (χ2n) is 7.91. The van der Waals surface area contributed by atoms with Gasteiger partial charge in [-0.2, -0.15) is 5.06 Å². The molecule has 2 aromatic rings. The number of nitro benzene ring substituents is 1. The van der Waals surface area contributed by atoms with E-state index >= 15 is 0 Å². The van der Waals surface area contributed by atoms with E-state index in [9.17, 15) is 19.7 Å². The van der Waals surface area contributed by atoms with E-state index in [1.54, 1.807) is 18.2 Å². The molecule has 7 nitrogen and oxygen atoms in total. The van der Waals surface area contributed by atoms with E-state index in [0.717, 1.165) is 5.06 Å². The first-order valence-electron chi connectivity index (χ1n) is 8.23. The molecule has 0 radical (unpaired) electrons. The van der Waals surface area contributed by atoms with Gasteiger partial charge in [0.05, 0.1) is 16.1 Å². The molecule has 0 unspecified atom stereocenters. The summed E-state index contributed by atoms with van der Waals surface area (Å²) in [5.41, 5.74) is 0.230. The third-order valence-corrected chi connectivity index (χ3v) is 9.38. The fourth-order valence-electron chi connectivity index (χ4n) is 2.62. The molecular weight excluding hydrogens is 352 g/mol. The van der Waals surface area contributed by atoms with Gasteiger partial charge in [0.2, 0.25) is 8.32 Å². The monoisotopic (exact) mass is 372 g/mol. The minimum Gasteiger partial charge on any atom is -0.310 e. The number of hydroxylamine groups is 2. The Morgan fingerprint density at radius 1 is 1.08 bits per heavy atom. The predicted molar refractivity (Wildman–Crippen MR) is 99.4 cm³/mol. The summed E-state index contributed by atoms with van der Waals surface area (Å²) in [5.74, 6) is -1.20. The lowest BCUT2D eigenvalue weighted by Gasteiger charge is -2.39. The van der Waals surface area contributed by atoms with Gasteiger partial charge in [-0.15, -0.1) is 0 Å². The van der Waals surface area contributed by atoms with E-state index in [1.807, 2.05) is 33.9 Å². The van der Waals surface area contributed by atoms with Gasteiger partial charge >= 0.3 is 0 Å². The van der Waals surface area contributed by atoms with E-state index in [-0.39, 0.29) is 16.3 Å². The number of carbonyl (C=O) groups is 2. The zero-order valence-corrected chi connectivity index (χ0v) is 16.3. The summed E-state index contributed by atoms with van der Waals surface area (Å²) >= 11 is 0. The van der Waals surface area contributed by atoms with Crippen molar-refractivity contribution in [3.8, 4) is 0 Å². The first-order valence-corrected chi connectivity index (χ1v) is 11.1. The Hall–Kier alpha value is -2.58. The number of benzene rings is 2. The van der Waals surface area contributed by atoms with Crippen molar-refractivity contribution in [2.75, 3.05) is 0 Å². The fraction of sp³-hybridized carbons (Fsp3) is 0.333. The second-order valence-corrected chi connectivity index (χ2v) is 12.6. The summed E-state index contributed by atoms with van der Waals surface area (Å²) in [7, 11) is -2.47. The zero-order chi connectivity index (χ0) is 19.4. The fourth-order valence-corrected chi connectivity index (χ4v) is 3.52. The van der Waals surface area contributed by atoms with Gasteiger partial charge in [0.15, 0.2) is 0 Å². The highest BCUT2D eigenvalue weighted by Gasteiger charge is 2.44. The minimum absolute atomic E-state index is 0.114. The first kappa shape index (κ1) is 18.2. The van der Waals surface area contributed by atoms with E-state index in [2.05, 4.69) is 0 Å². The molecule has 3 rings (SSSR count). The van der Waals surface area contributed by atoms with E-state index in [4.69, 9.17) is 4.53 Å². The van der Waals surface area contributed by atoms with E-state index < -0.39 is 25.1 Å². The second kappa shape index (κ2) is 5.71. The molecule has 0 spiro atoms. The first-order chi connectivity index (χ1) is 11.9. The van der Waals surface area contributed by atoms with Crippen LogP contribution < -0.4 is 0 Å². The predicted octanol–water partition coefficient (Wildman–Crippen LogP) is 4.28. The highest BCUT2D eigenvalue weighted by atomic mass is 28.4. The standard InChI is InChI=1S/C18H20N2O5Si/c1-18(2,3)26(4,5)25-19-16(21)13-8-6-7-11-9-12(20(23)24)10-14(15(11)13)17(19)22/h6-10H,1-5H3. The third kappa shape index (κ3) is 2.71. The Bertz CT molecular complexity index is 962. The van der Waals surface area contributed by atoms with Crippen LogP contribution in [0, 0.1) is 10.1 Å². The van der Waals surface area contributed by atoms with Gasteiger partial charge in [0.1, 0.15) is 0 Å². The van der Waals surface area contributed by atoms with Gasteiger partial charge < -0.3 is 4.53 Å². The molecule has 26 heavy (non-hydrogen) atoms. The Labute approximate surface area is 151 Å². The molecule has 0 N–H and O–H groups in total. The Morgan fingerprint density at radius 3 is 2.27 bits per heavy atom. The van der Waals surface area contributed by atoms with Crippen molar-refractivity contribution in [1.29, 1.82) is 0 Å². The molecule has 1 aliphatic rings. The van der Waals surface area contributed by atoms with Crippen molar-refractivity contribution >= 4 is 36.6 Å². The molecular formula is C18H20N2O5Si. The van der Waals surface area contributed by atoms with Gasteiger partial charge in [-0.25, -0.2) is 0 Å². The Morgan fingerprint density at radius 2 is 1.69 bits per heavy atom. The molecule has 136 valence electrons. The van der Waals surface area contributed by atoms with Crippen molar-refractivity contribution in [2.45, 2.75) is 38.9 Å². The van der Waals surface area contributed by atoms with Crippen LogP contribution >= 0.6 is 0 Å². The number of hydrogen-bond donors (Lipinski definition) is 0. The maximum Gasteiger partial charge on any atom is 0.285 e. The molecule has 0 aromatic heterocycles. The number of amides is 2. The quantitative estimate of drug-likeness (QED) is 0.347. The van der Waals surface area contributed by atoms with Crippen molar-refractivity contribution in [1.82, 2.24) is 5.06 Å². The van der Waals surface area contributed by atoms with Crippen LogP contribution in [0.1, 0.15) is 41.5 Å². The molecule has 8 heteroatoms. The van der Waals surface area contributed by atoms with Crippen LogP contribution in [0.25, 0.3) is 10.8 Å². The lowest BCUT2D eigenvalue weighted by Crippen LogP contribution is -2.51. The average Bonchev–Trinajstić information content (AvgIpc) is 2.54. The summed E-state index contributed by atoms with van der Waals surface area (Å²) in [6.45, 7) is 9.85. The number of hydrogen-bond acceptors (Lipinski definition) is 5. The van der Waals surface area contributed by atoms with E-state index in [1.165, 1.54) is 12.1 Å². The molecule has 1 heterocycles. The van der Waals surface area contributed by atoms with Crippen LogP contribution in [0.4, 0.5) is 5.69 Å². The van der Waals surface area contributed by atoms with Crippen LogP contribution in [-0.2, 0) is 4.53 Å². The number of imide groups is 1. The van der Waals surface area contributed by atoms with Crippen molar-refractivity contribution in [3.05, 3.63) is 51.6 Å². The normalized spacial score (nSPS) is 14.9. The topological polar surface area (TPSA) is 89.8 Å². The van der Waals surface area contributed by atoms with E-state index in [0.29, 0.717) is 16.3 Å². The van der Waals surface area contributed by atoms with Crippen LogP contribution in [0.3, 0.4) is 0 Å². The number of nitrogens with zero attached hydrogens (tertiary/aromatic N) is 2. The largest absolute Gasteiger partial charge is 0.310 e. The Kier molecular flexibility index (Phi) is 4.00. The van der Waals surface area contributed by atoms with Gasteiger partial charge in [0.25, 0.3) is 17.5 Å². The van der Waals surface area contributed by atoms with Crippen LogP contribution in [0.15, 0.2) is 30.3 Å². The third-order valence-electron chi connectivity index (χ3n) is 5.13. The van der Waals surface area contributed by atoms with Gasteiger partial charge in [0, 0.05) is 17.5 Å². The molecule has 0 saturated carbocycles. The van der Waals surface area contributed by atoms with Gasteiger partial charge in [-0.3, -0.25) is 19.7 Å². The summed E-state index contributed by atoms with van der Waals surface area (Å²) in [6, 6.07) is 7.48. The van der Waals surface area contributed by atoms with Gasteiger partial charge in [-0.05, 0) is 29.6 Å². The molecule has 0 aliphatic carbocycles. The summed E-state index contributed by atoms with van der Waals surface area (Å²) in [5, 5.41) is 12.7. The molecule has 2 aromatic carbocycles. The SMILES string of the molecule is CC(C)(C)[Si](C)(C)ON1C(=O)c2cccc3cc([N+](=O)[O-])cc(c23)C1=O. The van der Waals surface area contributed by atoms with Crippen molar-refractivity contribution < 1.29 is 19.0 Å². The molecule has 2 amide bonds. The summed E-state index contributed by atoms with van der Waals surface area (Å²) in [6.07, 6.45) is 0. The summed E-state index contributed by atoms with van der Waals surface area (Å²) < 4.78 is 5.96. The van der Waals surface area contributed by atoms with Crippen LogP contribution in [-0.4, -0.2) is 30.1 Å². The highest BCUT2D eigenvalue weighted by molar-refractivity contribution is 6.74. The van der Waals surface area contributed by atoms with Crippen molar-refractivity contribution in [3.63, 3.8) is 0 Å². The lowest BCUT2D eigenvalue weighted by atomic mass is 9.94. The molecule has 0 saturated heterocycles. The Balaban J connectivity index is 2.18.